The first-order chi connectivity index (χ1) is 14.2. The summed E-state index contributed by atoms with van der Waals surface area (Å²) >= 11 is 0. The Balaban J connectivity index is 1.92. The van der Waals surface area contributed by atoms with Gasteiger partial charge >= 0.3 is 5.97 Å². The van der Waals surface area contributed by atoms with Gasteiger partial charge in [0.2, 0.25) is 0 Å². The Morgan fingerprint density at radius 2 is 1.83 bits per heavy atom. The van der Waals surface area contributed by atoms with Gasteiger partial charge in [-0.25, -0.2) is 12.8 Å². The van der Waals surface area contributed by atoms with Gasteiger partial charge in [0.05, 0.1) is 12.0 Å². The van der Waals surface area contributed by atoms with Crippen molar-refractivity contribution < 1.29 is 27.1 Å². The minimum absolute atomic E-state index is 0.196. The maximum absolute atomic E-state index is 13.7. The molecule has 7 nitrogen and oxygen atoms in total. The average Bonchev–Trinajstić information content (AvgIpc) is 2.71. The molecule has 2 aromatic rings. The number of nitrogens with one attached hydrogen (secondary N) is 2. The molecule has 0 aromatic heterocycles. The topological polar surface area (TPSA) is 102 Å². The van der Waals surface area contributed by atoms with Gasteiger partial charge in [-0.2, -0.15) is 0 Å². The number of carbonyl (C=O) groups is 2. The van der Waals surface area contributed by atoms with Crippen LogP contribution in [0.3, 0.4) is 0 Å². The molecule has 9 heteroatoms. The van der Waals surface area contributed by atoms with Gasteiger partial charge in [0.15, 0.2) is 0 Å². The number of halogens is 1. The second-order valence-corrected chi connectivity index (χ2v) is 8.42. The number of unbranched alkanes of at least 4 members (excludes halogenated alkanes) is 2. The number of hydrogen-bond donors (Lipinski definition) is 2. The monoisotopic (exact) mass is 436 g/mol. The minimum Gasteiger partial charge on any atom is -0.469 e. The number of rotatable bonds is 10. The molecule has 0 spiro atoms. The smallest absolute Gasteiger partial charge is 0.305 e. The van der Waals surface area contributed by atoms with E-state index >= 15 is 0 Å². The molecule has 30 heavy (non-hydrogen) atoms. The van der Waals surface area contributed by atoms with Crippen molar-refractivity contribution in [3.05, 3.63) is 59.4 Å². The normalized spacial score (nSPS) is 11.0. The van der Waals surface area contributed by atoms with Gasteiger partial charge in [-0.3, -0.25) is 14.3 Å². The Morgan fingerprint density at radius 3 is 2.53 bits per heavy atom. The van der Waals surface area contributed by atoms with Crippen molar-refractivity contribution in [1.82, 2.24) is 5.32 Å². The molecular weight excluding hydrogens is 411 g/mol. The molecule has 0 atom stereocenters. The van der Waals surface area contributed by atoms with Crippen molar-refractivity contribution in [2.24, 2.45) is 0 Å². The summed E-state index contributed by atoms with van der Waals surface area (Å²) in [5, 5.41) is 2.75. The lowest BCUT2D eigenvalue weighted by Gasteiger charge is -2.10. The summed E-state index contributed by atoms with van der Waals surface area (Å²) in [5.41, 5.74) is 0.833. The number of ether oxygens (including phenoxy) is 1. The van der Waals surface area contributed by atoms with E-state index < -0.39 is 15.8 Å². The molecule has 0 radical (unpaired) electrons. The van der Waals surface area contributed by atoms with Crippen LogP contribution in [0.25, 0.3) is 0 Å². The van der Waals surface area contributed by atoms with E-state index in [0.29, 0.717) is 36.9 Å². The first-order valence-corrected chi connectivity index (χ1v) is 11.0. The van der Waals surface area contributed by atoms with Crippen LogP contribution in [0.1, 0.15) is 41.6 Å². The molecule has 0 fully saturated rings. The Morgan fingerprint density at radius 1 is 1.07 bits per heavy atom. The van der Waals surface area contributed by atoms with E-state index in [9.17, 15) is 22.4 Å². The number of amides is 1. The van der Waals surface area contributed by atoms with Crippen molar-refractivity contribution in [2.75, 3.05) is 18.4 Å². The molecular formula is C21H25FN2O5S. The van der Waals surface area contributed by atoms with Gasteiger partial charge in [-0.05, 0) is 55.7 Å². The molecule has 2 aromatic carbocycles. The fourth-order valence-electron chi connectivity index (χ4n) is 2.66. The SMILES string of the molecule is COC(=O)CCCCCNC(=O)c1cccc(NS(=O)(=O)c2ccc(C)c(F)c2)c1. The third-order valence-corrected chi connectivity index (χ3v) is 5.78. The van der Waals surface area contributed by atoms with Crippen molar-refractivity contribution in [3.8, 4) is 0 Å². The zero-order valence-corrected chi connectivity index (χ0v) is 17.7. The molecule has 0 saturated heterocycles. The first kappa shape index (κ1) is 23.3. The number of benzene rings is 2. The largest absolute Gasteiger partial charge is 0.469 e. The van der Waals surface area contributed by atoms with Gasteiger partial charge in [0.1, 0.15) is 5.82 Å². The van der Waals surface area contributed by atoms with E-state index in [1.165, 1.54) is 31.4 Å². The number of aryl methyl sites for hydroxylation is 1. The number of sulfonamides is 1. The zero-order chi connectivity index (χ0) is 22.1. The zero-order valence-electron chi connectivity index (χ0n) is 16.9. The summed E-state index contributed by atoms with van der Waals surface area (Å²) in [6.07, 6.45) is 2.49. The molecule has 2 rings (SSSR count). The molecule has 0 aliphatic rings. The average molecular weight is 437 g/mol. The third kappa shape index (κ3) is 6.84. The van der Waals surface area contributed by atoms with Crippen LogP contribution in [0, 0.1) is 12.7 Å². The summed E-state index contributed by atoms with van der Waals surface area (Å²) in [6.45, 7) is 1.97. The van der Waals surface area contributed by atoms with Crippen LogP contribution < -0.4 is 10.0 Å². The van der Waals surface area contributed by atoms with Crippen LogP contribution in [0.4, 0.5) is 10.1 Å². The van der Waals surface area contributed by atoms with E-state index in [1.54, 1.807) is 19.1 Å². The minimum atomic E-state index is -3.99. The van der Waals surface area contributed by atoms with Gasteiger partial charge in [0, 0.05) is 24.2 Å². The predicted octanol–water partition coefficient (Wildman–Crippen LogP) is 3.40. The Kier molecular flexibility index (Phi) is 8.35. The fourth-order valence-corrected chi connectivity index (χ4v) is 3.72. The Labute approximate surface area is 175 Å². The molecule has 1 amide bonds. The maximum atomic E-state index is 13.7. The van der Waals surface area contributed by atoms with Gasteiger partial charge in [-0.1, -0.05) is 18.6 Å². The highest BCUT2D eigenvalue weighted by molar-refractivity contribution is 7.92. The standard InChI is InChI=1S/C21H25FN2O5S/c1-15-10-11-18(14-19(15)22)30(27,28)24-17-8-6-7-16(13-17)21(26)23-12-5-3-4-9-20(25)29-2/h6-8,10-11,13-14,24H,3-5,9,12H2,1-2H3,(H,23,26). The van der Waals surface area contributed by atoms with E-state index in [-0.39, 0.29) is 22.5 Å². The molecule has 162 valence electrons. The summed E-state index contributed by atoms with van der Waals surface area (Å²) < 4.78 is 45.6. The molecule has 0 unspecified atom stereocenters. The van der Waals surface area contributed by atoms with Gasteiger partial charge in [-0.15, -0.1) is 0 Å². The summed E-state index contributed by atoms with van der Waals surface area (Å²) in [5.74, 6) is -1.21. The van der Waals surface area contributed by atoms with Crippen LogP contribution >= 0.6 is 0 Å². The lowest BCUT2D eigenvalue weighted by Crippen LogP contribution is -2.24. The number of methoxy groups -OCH3 is 1. The molecule has 0 aliphatic heterocycles. The van der Waals surface area contributed by atoms with Crippen molar-refractivity contribution in [3.63, 3.8) is 0 Å². The molecule has 0 heterocycles. The number of esters is 1. The van der Waals surface area contributed by atoms with Gasteiger partial charge in [0.25, 0.3) is 15.9 Å². The van der Waals surface area contributed by atoms with E-state index in [1.807, 2.05) is 0 Å². The van der Waals surface area contributed by atoms with E-state index in [4.69, 9.17) is 0 Å². The van der Waals surface area contributed by atoms with Gasteiger partial charge < -0.3 is 10.1 Å². The molecule has 0 aliphatic carbocycles. The fraction of sp³-hybridized carbons (Fsp3) is 0.333. The highest BCUT2D eigenvalue weighted by Gasteiger charge is 2.16. The quantitative estimate of drug-likeness (QED) is 0.439. The highest BCUT2D eigenvalue weighted by Crippen LogP contribution is 2.19. The maximum Gasteiger partial charge on any atom is 0.305 e. The number of hydrogen-bond acceptors (Lipinski definition) is 5. The van der Waals surface area contributed by atoms with Crippen LogP contribution in [0.5, 0.6) is 0 Å². The second kappa shape index (κ2) is 10.7. The number of anilines is 1. The highest BCUT2D eigenvalue weighted by atomic mass is 32.2. The van der Waals surface area contributed by atoms with Crippen LogP contribution in [0.15, 0.2) is 47.4 Å². The second-order valence-electron chi connectivity index (χ2n) is 6.74. The van der Waals surface area contributed by atoms with Crippen LogP contribution in [0.2, 0.25) is 0 Å². The van der Waals surface area contributed by atoms with Crippen LogP contribution in [-0.2, 0) is 19.6 Å². The van der Waals surface area contributed by atoms with Crippen molar-refractivity contribution >= 4 is 27.6 Å². The molecule has 2 N–H and O–H groups in total. The molecule has 0 saturated carbocycles. The summed E-state index contributed by atoms with van der Waals surface area (Å²) in [6, 6.07) is 9.69. The van der Waals surface area contributed by atoms with E-state index in [2.05, 4.69) is 14.8 Å². The summed E-state index contributed by atoms with van der Waals surface area (Å²) in [7, 11) is -2.65. The van der Waals surface area contributed by atoms with Crippen molar-refractivity contribution in [2.45, 2.75) is 37.5 Å². The predicted molar refractivity (Wildman–Crippen MR) is 111 cm³/mol. The Hall–Kier alpha value is -2.94. The third-order valence-electron chi connectivity index (χ3n) is 4.40. The number of carbonyl (C=O) groups excluding carboxylic acids is 2. The van der Waals surface area contributed by atoms with Crippen molar-refractivity contribution in [1.29, 1.82) is 0 Å². The Bertz CT molecular complexity index is 1010. The lowest BCUT2D eigenvalue weighted by molar-refractivity contribution is -0.140. The van der Waals surface area contributed by atoms with E-state index in [0.717, 1.165) is 12.5 Å². The molecule has 0 bridgehead atoms. The summed E-state index contributed by atoms with van der Waals surface area (Å²) in [4.78, 5) is 23.1. The van der Waals surface area contributed by atoms with Crippen LogP contribution in [-0.4, -0.2) is 33.9 Å². The lowest BCUT2D eigenvalue weighted by atomic mass is 10.1. The first-order valence-electron chi connectivity index (χ1n) is 9.47.